The number of nitrogens with zero attached hydrogens (tertiary/aromatic N) is 2. The SMILES string of the molecule is Cc1cn2ccc([C@H]3[C@H](C(=O)NO)[C@@H]3c3ccccc3)cc2n1. The lowest BCUT2D eigenvalue weighted by Gasteiger charge is -2.02. The van der Waals surface area contributed by atoms with Gasteiger partial charge in [-0.15, -0.1) is 0 Å². The molecular formula is C18H17N3O2. The van der Waals surface area contributed by atoms with Crippen molar-refractivity contribution in [3.05, 3.63) is 71.7 Å². The summed E-state index contributed by atoms with van der Waals surface area (Å²) in [4.78, 5) is 16.5. The molecule has 116 valence electrons. The summed E-state index contributed by atoms with van der Waals surface area (Å²) < 4.78 is 1.97. The molecule has 1 fully saturated rings. The summed E-state index contributed by atoms with van der Waals surface area (Å²) in [5.41, 5.74) is 5.84. The Morgan fingerprint density at radius 2 is 1.91 bits per heavy atom. The number of imidazole rings is 1. The first-order chi connectivity index (χ1) is 11.2. The predicted molar refractivity (Wildman–Crippen MR) is 85.3 cm³/mol. The number of aromatic nitrogens is 2. The van der Waals surface area contributed by atoms with E-state index in [1.807, 2.05) is 71.7 Å². The Morgan fingerprint density at radius 1 is 1.17 bits per heavy atom. The molecule has 2 heterocycles. The van der Waals surface area contributed by atoms with Gasteiger partial charge in [-0.3, -0.25) is 10.0 Å². The lowest BCUT2D eigenvalue weighted by molar-refractivity contribution is -0.130. The summed E-state index contributed by atoms with van der Waals surface area (Å²) in [5, 5.41) is 9.03. The van der Waals surface area contributed by atoms with E-state index in [0.29, 0.717) is 0 Å². The number of benzene rings is 1. The molecule has 5 nitrogen and oxygen atoms in total. The monoisotopic (exact) mass is 307 g/mol. The molecule has 0 bridgehead atoms. The molecule has 1 aliphatic carbocycles. The Hall–Kier alpha value is -2.66. The van der Waals surface area contributed by atoms with Crippen LogP contribution in [0.15, 0.2) is 54.9 Å². The zero-order chi connectivity index (χ0) is 16.0. The first-order valence-corrected chi connectivity index (χ1v) is 7.63. The maximum Gasteiger partial charge on any atom is 0.247 e. The summed E-state index contributed by atoms with van der Waals surface area (Å²) in [7, 11) is 0. The maximum atomic E-state index is 12.0. The van der Waals surface area contributed by atoms with Gasteiger partial charge in [-0.1, -0.05) is 30.3 Å². The Bertz CT molecular complexity index is 872. The van der Waals surface area contributed by atoms with Crippen LogP contribution in [0, 0.1) is 12.8 Å². The number of aryl methyl sites for hydroxylation is 1. The van der Waals surface area contributed by atoms with E-state index in [4.69, 9.17) is 5.21 Å². The molecule has 5 heteroatoms. The number of nitrogens with one attached hydrogen (secondary N) is 1. The van der Waals surface area contributed by atoms with Gasteiger partial charge in [-0.25, -0.2) is 10.5 Å². The number of hydrogen-bond donors (Lipinski definition) is 2. The van der Waals surface area contributed by atoms with Crippen LogP contribution in [0.3, 0.4) is 0 Å². The van der Waals surface area contributed by atoms with Crippen LogP contribution >= 0.6 is 0 Å². The Morgan fingerprint density at radius 3 is 2.65 bits per heavy atom. The molecule has 2 N–H and O–H groups in total. The maximum absolute atomic E-state index is 12.0. The third-order valence-corrected chi connectivity index (χ3v) is 4.61. The van der Waals surface area contributed by atoms with Crippen LogP contribution in [0.2, 0.25) is 0 Å². The molecule has 2 aromatic heterocycles. The number of pyridine rings is 1. The van der Waals surface area contributed by atoms with Gasteiger partial charge in [0.05, 0.1) is 11.6 Å². The van der Waals surface area contributed by atoms with Crippen molar-refractivity contribution in [3.63, 3.8) is 0 Å². The Kier molecular flexibility index (Phi) is 3.16. The third-order valence-electron chi connectivity index (χ3n) is 4.61. The van der Waals surface area contributed by atoms with E-state index in [1.165, 1.54) is 0 Å². The highest BCUT2D eigenvalue weighted by atomic mass is 16.5. The van der Waals surface area contributed by atoms with Crippen molar-refractivity contribution in [3.8, 4) is 0 Å². The van der Waals surface area contributed by atoms with Crippen molar-refractivity contribution in [1.82, 2.24) is 14.9 Å². The Balaban J connectivity index is 1.73. The van der Waals surface area contributed by atoms with E-state index >= 15 is 0 Å². The minimum absolute atomic E-state index is 0.0616. The lowest BCUT2D eigenvalue weighted by atomic mass is 10.1. The van der Waals surface area contributed by atoms with Gasteiger partial charge < -0.3 is 4.40 Å². The van der Waals surface area contributed by atoms with Crippen molar-refractivity contribution >= 4 is 11.6 Å². The number of hydroxylamine groups is 1. The van der Waals surface area contributed by atoms with Crippen LogP contribution in [0.1, 0.15) is 28.7 Å². The highest BCUT2D eigenvalue weighted by Gasteiger charge is 2.56. The summed E-state index contributed by atoms with van der Waals surface area (Å²) in [6.45, 7) is 1.96. The molecular weight excluding hydrogens is 290 g/mol. The third kappa shape index (κ3) is 2.29. The molecule has 0 unspecified atom stereocenters. The quantitative estimate of drug-likeness (QED) is 0.577. The number of fused-ring (bicyclic) bond motifs is 1. The van der Waals surface area contributed by atoms with Crippen LogP contribution in [-0.4, -0.2) is 20.5 Å². The number of rotatable bonds is 3. The number of carbonyl (C=O) groups is 1. The number of amides is 1. The fourth-order valence-corrected chi connectivity index (χ4v) is 3.55. The van der Waals surface area contributed by atoms with Gasteiger partial charge in [-0.05, 0) is 30.2 Å². The second-order valence-electron chi connectivity index (χ2n) is 6.07. The molecule has 1 aliphatic rings. The summed E-state index contributed by atoms with van der Waals surface area (Å²) >= 11 is 0. The molecule has 4 rings (SSSR count). The van der Waals surface area contributed by atoms with Crippen LogP contribution < -0.4 is 5.48 Å². The van der Waals surface area contributed by atoms with E-state index in [1.54, 1.807) is 0 Å². The van der Waals surface area contributed by atoms with Gasteiger partial charge in [0.15, 0.2) is 0 Å². The normalized spacial score (nSPS) is 23.0. The molecule has 0 spiro atoms. The minimum atomic E-state index is -0.330. The molecule has 3 atom stereocenters. The second kappa shape index (κ2) is 5.21. The van der Waals surface area contributed by atoms with Gasteiger partial charge in [0, 0.05) is 24.2 Å². The van der Waals surface area contributed by atoms with E-state index in [-0.39, 0.29) is 23.7 Å². The predicted octanol–water partition coefficient (Wildman–Crippen LogP) is 2.65. The van der Waals surface area contributed by atoms with E-state index in [2.05, 4.69) is 4.98 Å². The summed E-state index contributed by atoms with van der Waals surface area (Å²) in [6.07, 6.45) is 3.94. The van der Waals surface area contributed by atoms with Crippen LogP contribution in [0.4, 0.5) is 0 Å². The van der Waals surface area contributed by atoms with E-state index in [9.17, 15) is 4.79 Å². The van der Waals surface area contributed by atoms with Crippen molar-refractivity contribution in [2.75, 3.05) is 0 Å². The zero-order valence-corrected chi connectivity index (χ0v) is 12.7. The highest BCUT2D eigenvalue weighted by Crippen LogP contribution is 2.60. The smallest absolute Gasteiger partial charge is 0.247 e. The van der Waals surface area contributed by atoms with E-state index < -0.39 is 0 Å². The van der Waals surface area contributed by atoms with Gasteiger partial charge in [0.25, 0.3) is 0 Å². The van der Waals surface area contributed by atoms with Crippen LogP contribution in [0.25, 0.3) is 5.65 Å². The Labute approximate surface area is 133 Å². The van der Waals surface area contributed by atoms with Gasteiger partial charge >= 0.3 is 0 Å². The first-order valence-electron chi connectivity index (χ1n) is 7.63. The highest BCUT2D eigenvalue weighted by molar-refractivity contribution is 5.84. The van der Waals surface area contributed by atoms with Crippen molar-refractivity contribution in [1.29, 1.82) is 0 Å². The molecule has 0 aliphatic heterocycles. The minimum Gasteiger partial charge on any atom is -0.307 e. The largest absolute Gasteiger partial charge is 0.307 e. The lowest BCUT2D eigenvalue weighted by Crippen LogP contribution is -2.21. The van der Waals surface area contributed by atoms with E-state index in [0.717, 1.165) is 22.5 Å². The number of hydrogen-bond acceptors (Lipinski definition) is 3. The summed E-state index contributed by atoms with van der Waals surface area (Å²) in [6, 6.07) is 14.0. The number of carbonyl (C=O) groups excluding carboxylic acids is 1. The van der Waals surface area contributed by atoms with Crippen molar-refractivity contribution in [2.24, 2.45) is 5.92 Å². The molecule has 3 aromatic rings. The molecule has 0 radical (unpaired) electrons. The van der Waals surface area contributed by atoms with Gasteiger partial charge in [0.1, 0.15) is 5.65 Å². The molecule has 1 aromatic carbocycles. The first kappa shape index (κ1) is 14.0. The second-order valence-corrected chi connectivity index (χ2v) is 6.07. The fraction of sp³-hybridized carbons (Fsp3) is 0.222. The van der Waals surface area contributed by atoms with Crippen molar-refractivity contribution < 1.29 is 10.0 Å². The fourth-order valence-electron chi connectivity index (χ4n) is 3.55. The topological polar surface area (TPSA) is 66.6 Å². The van der Waals surface area contributed by atoms with Gasteiger partial charge in [-0.2, -0.15) is 0 Å². The van der Waals surface area contributed by atoms with Crippen molar-refractivity contribution in [2.45, 2.75) is 18.8 Å². The zero-order valence-electron chi connectivity index (χ0n) is 12.7. The molecule has 1 saturated carbocycles. The van der Waals surface area contributed by atoms with Gasteiger partial charge in [0.2, 0.25) is 5.91 Å². The van der Waals surface area contributed by atoms with Crippen LogP contribution in [0.5, 0.6) is 0 Å². The average Bonchev–Trinajstić information content (AvgIpc) is 3.21. The van der Waals surface area contributed by atoms with Crippen LogP contribution in [-0.2, 0) is 4.79 Å². The molecule has 0 saturated heterocycles. The molecule has 23 heavy (non-hydrogen) atoms. The summed E-state index contributed by atoms with van der Waals surface area (Å²) in [5.74, 6) is -0.433. The standard InChI is InChI=1S/C18H17N3O2/c1-11-10-21-8-7-13(9-14(21)19-11)16-15(17(16)18(22)20-23)12-5-3-2-4-6-12/h2-10,15-17,23H,1H3,(H,20,22)/t15-,16-,17-/m1/s1. The average molecular weight is 307 g/mol. The molecule has 1 amide bonds.